The van der Waals surface area contributed by atoms with Crippen molar-refractivity contribution >= 4 is 5.69 Å². The molecule has 1 aromatic heterocycles. The molecule has 0 aromatic carbocycles. The summed E-state index contributed by atoms with van der Waals surface area (Å²) in [5.41, 5.74) is 7.98. The van der Waals surface area contributed by atoms with Crippen LogP contribution < -0.4 is 5.73 Å². The van der Waals surface area contributed by atoms with Crippen LogP contribution in [0.25, 0.3) is 0 Å². The maximum atomic E-state index is 5.65. The van der Waals surface area contributed by atoms with E-state index in [0.29, 0.717) is 5.69 Å². The third-order valence-electron chi connectivity index (χ3n) is 1.51. The van der Waals surface area contributed by atoms with Crippen LogP contribution in [0, 0.1) is 12.3 Å². The number of nitrogen functional groups attached to an aromatic ring is 1. The fourth-order valence-corrected chi connectivity index (χ4v) is 0.884. The molecule has 0 radical (unpaired) electrons. The van der Waals surface area contributed by atoms with E-state index in [0.717, 1.165) is 17.7 Å². The molecule has 0 amide bonds. The second-order valence-electron chi connectivity index (χ2n) is 2.26. The van der Waals surface area contributed by atoms with Crippen LogP contribution in [0.5, 0.6) is 0 Å². The van der Waals surface area contributed by atoms with Crippen LogP contribution in [0.1, 0.15) is 18.2 Å². The van der Waals surface area contributed by atoms with Gasteiger partial charge >= 0.3 is 0 Å². The molecule has 0 aliphatic rings. The Bertz CT molecular complexity index is 297. The topological polar surface area (TPSA) is 38.9 Å². The summed E-state index contributed by atoms with van der Waals surface area (Å²) in [5, 5.41) is 0. The monoisotopic (exact) mass is 146 g/mol. The van der Waals surface area contributed by atoms with Crippen molar-refractivity contribution in [1.29, 1.82) is 0 Å². The third-order valence-corrected chi connectivity index (χ3v) is 1.51. The highest BCUT2D eigenvalue weighted by atomic mass is 14.7. The molecule has 0 bridgehead atoms. The molecule has 1 heterocycles. The molecule has 0 saturated heterocycles. The molecule has 0 spiro atoms. The van der Waals surface area contributed by atoms with Gasteiger partial charge in [-0.2, -0.15) is 0 Å². The number of rotatable bonds is 1. The van der Waals surface area contributed by atoms with Gasteiger partial charge in [0.05, 0.1) is 11.4 Å². The smallest absolute Gasteiger partial charge is 0.0630 e. The fraction of sp³-hybridized carbons (Fsp3) is 0.222. The lowest BCUT2D eigenvalue weighted by molar-refractivity contribution is 1.04. The van der Waals surface area contributed by atoms with Gasteiger partial charge in [-0.05, 0) is 12.5 Å². The average molecular weight is 146 g/mol. The molecule has 0 aliphatic heterocycles. The minimum Gasteiger partial charge on any atom is -0.397 e. The van der Waals surface area contributed by atoms with Crippen molar-refractivity contribution in [2.75, 3.05) is 5.73 Å². The zero-order valence-electron chi connectivity index (χ0n) is 6.46. The van der Waals surface area contributed by atoms with Crippen LogP contribution in [-0.2, 0) is 6.42 Å². The highest BCUT2D eigenvalue weighted by Gasteiger charge is 1.97. The standard InChI is InChI=1S/C9H10N2/c1-3-7-5-8(10)9(4-2)11-6-7/h1,5-6H,4,10H2,2H3. The second-order valence-corrected chi connectivity index (χ2v) is 2.26. The molecule has 56 valence electrons. The Balaban J connectivity index is 3.12. The van der Waals surface area contributed by atoms with E-state index < -0.39 is 0 Å². The summed E-state index contributed by atoms with van der Waals surface area (Å²) in [6.07, 6.45) is 7.67. The molecule has 0 fully saturated rings. The van der Waals surface area contributed by atoms with E-state index >= 15 is 0 Å². The van der Waals surface area contributed by atoms with E-state index in [9.17, 15) is 0 Å². The van der Waals surface area contributed by atoms with E-state index in [1.165, 1.54) is 0 Å². The number of hydrogen-bond acceptors (Lipinski definition) is 2. The molecule has 0 aliphatic carbocycles. The minimum atomic E-state index is 0.683. The number of nitrogens with zero attached hydrogens (tertiary/aromatic N) is 1. The summed E-state index contributed by atoms with van der Waals surface area (Å²) in [6.45, 7) is 2.01. The average Bonchev–Trinajstić information content (AvgIpc) is 2.04. The van der Waals surface area contributed by atoms with Crippen LogP contribution >= 0.6 is 0 Å². The molecule has 2 heteroatoms. The lowest BCUT2D eigenvalue weighted by atomic mass is 10.2. The van der Waals surface area contributed by atoms with Crippen molar-refractivity contribution in [3.63, 3.8) is 0 Å². The molecular formula is C9H10N2. The molecule has 0 saturated carbocycles. The first-order chi connectivity index (χ1) is 5.27. The van der Waals surface area contributed by atoms with Gasteiger partial charge < -0.3 is 5.73 Å². The number of hydrogen-bond donors (Lipinski definition) is 1. The van der Waals surface area contributed by atoms with Gasteiger partial charge in [-0.1, -0.05) is 12.8 Å². The Kier molecular flexibility index (Phi) is 2.12. The first kappa shape index (κ1) is 7.62. The molecule has 0 atom stereocenters. The Labute approximate surface area is 66.4 Å². The highest BCUT2D eigenvalue weighted by molar-refractivity contribution is 5.48. The molecule has 1 rings (SSSR count). The second kappa shape index (κ2) is 3.07. The number of nitrogens with two attached hydrogens (primary N) is 1. The van der Waals surface area contributed by atoms with Gasteiger partial charge in [0, 0.05) is 11.8 Å². The molecule has 2 nitrogen and oxygen atoms in total. The van der Waals surface area contributed by atoms with Crippen molar-refractivity contribution in [2.45, 2.75) is 13.3 Å². The largest absolute Gasteiger partial charge is 0.397 e. The Morgan fingerprint density at radius 3 is 2.91 bits per heavy atom. The van der Waals surface area contributed by atoms with Gasteiger partial charge in [0.1, 0.15) is 0 Å². The highest BCUT2D eigenvalue weighted by Crippen LogP contribution is 2.10. The van der Waals surface area contributed by atoms with E-state index in [-0.39, 0.29) is 0 Å². The number of pyridine rings is 1. The minimum absolute atomic E-state index is 0.683. The van der Waals surface area contributed by atoms with E-state index in [1.807, 2.05) is 6.92 Å². The maximum Gasteiger partial charge on any atom is 0.0630 e. The summed E-state index contributed by atoms with van der Waals surface area (Å²) in [4.78, 5) is 4.10. The lowest BCUT2D eigenvalue weighted by Crippen LogP contribution is -1.96. The van der Waals surface area contributed by atoms with Crippen LogP contribution in [0.15, 0.2) is 12.3 Å². The van der Waals surface area contributed by atoms with Gasteiger partial charge in [-0.15, -0.1) is 6.42 Å². The third kappa shape index (κ3) is 1.50. The predicted molar refractivity (Wildman–Crippen MR) is 46.0 cm³/mol. The first-order valence-corrected chi connectivity index (χ1v) is 3.49. The van der Waals surface area contributed by atoms with Gasteiger partial charge in [-0.3, -0.25) is 4.98 Å². The number of aryl methyl sites for hydroxylation is 1. The van der Waals surface area contributed by atoms with Crippen molar-refractivity contribution in [3.05, 3.63) is 23.5 Å². The molecule has 1 aromatic rings. The summed E-state index contributed by atoms with van der Waals surface area (Å²) in [6, 6.07) is 1.77. The van der Waals surface area contributed by atoms with Gasteiger partial charge in [0.15, 0.2) is 0 Å². The maximum absolute atomic E-state index is 5.65. The van der Waals surface area contributed by atoms with Gasteiger partial charge in [0.2, 0.25) is 0 Å². The number of anilines is 1. The summed E-state index contributed by atoms with van der Waals surface area (Å²) in [7, 11) is 0. The SMILES string of the molecule is C#Cc1cnc(CC)c(N)c1. The van der Waals surface area contributed by atoms with Crippen LogP contribution in [0.2, 0.25) is 0 Å². The van der Waals surface area contributed by atoms with Crippen molar-refractivity contribution in [1.82, 2.24) is 4.98 Å². The summed E-state index contributed by atoms with van der Waals surface area (Å²) >= 11 is 0. The lowest BCUT2D eigenvalue weighted by Gasteiger charge is -2.00. The zero-order valence-corrected chi connectivity index (χ0v) is 6.46. The van der Waals surface area contributed by atoms with E-state index in [1.54, 1.807) is 12.3 Å². The Morgan fingerprint density at radius 2 is 2.45 bits per heavy atom. The van der Waals surface area contributed by atoms with Crippen molar-refractivity contribution in [3.8, 4) is 12.3 Å². The fourth-order valence-electron chi connectivity index (χ4n) is 0.884. The number of terminal acetylenes is 1. The Hall–Kier alpha value is -1.49. The van der Waals surface area contributed by atoms with Crippen molar-refractivity contribution < 1.29 is 0 Å². The van der Waals surface area contributed by atoms with Crippen molar-refractivity contribution in [2.24, 2.45) is 0 Å². The molecule has 0 unspecified atom stereocenters. The predicted octanol–water partition coefficient (Wildman–Crippen LogP) is 1.21. The molecule has 2 N–H and O–H groups in total. The van der Waals surface area contributed by atoms with E-state index in [4.69, 9.17) is 12.2 Å². The summed E-state index contributed by atoms with van der Waals surface area (Å²) < 4.78 is 0. The summed E-state index contributed by atoms with van der Waals surface area (Å²) in [5.74, 6) is 2.48. The van der Waals surface area contributed by atoms with E-state index in [2.05, 4.69) is 10.9 Å². The number of aromatic nitrogens is 1. The zero-order chi connectivity index (χ0) is 8.27. The Morgan fingerprint density at radius 1 is 1.73 bits per heavy atom. The molecule has 11 heavy (non-hydrogen) atoms. The van der Waals surface area contributed by atoms with Gasteiger partial charge in [-0.25, -0.2) is 0 Å². The molecular weight excluding hydrogens is 136 g/mol. The normalized spacial score (nSPS) is 9.09. The first-order valence-electron chi connectivity index (χ1n) is 3.49. The van der Waals surface area contributed by atoms with Crippen LogP contribution in [0.3, 0.4) is 0 Å². The van der Waals surface area contributed by atoms with Crippen LogP contribution in [-0.4, -0.2) is 4.98 Å². The van der Waals surface area contributed by atoms with Gasteiger partial charge in [0.25, 0.3) is 0 Å². The van der Waals surface area contributed by atoms with Crippen LogP contribution in [0.4, 0.5) is 5.69 Å². The quantitative estimate of drug-likeness (QED) is 0.605.